The van der Waals surface area contributed by atoms with Crippen molar-refractivity contribution in [2.45, 2.75) is 30.8 Å². The van der Waals surface area contributed by atoms with Crippen molar-refractivity contribution >= 4 is 25.7 Å². The van der Waals surface area contributed by atoms with E-state index in [-0.39, 0.29) is 0 Å². The van der Waals surface area contributed by atoms with Crippen LogP contribution in [0, 0.1) is 0 Å². The highest BCUT2D eigenvalue weighted by atomic mass is 35.5. The average Bonchev–Trinajstić information content (AvgIpc) is 1.83. The summed E-state index contributed by atoms with van der Waals surface area (Å²) in [4.78, 5) is 0. The van der Waals surface area contributed by atoms with Crippen LogP contribution in [0.4, 0.5) is 0 Å². The number of alkyl halides is 1. The SMILES string of the molecule is CCC[CH2][Al]([CH3])[CH2]Cl. The third kappa shape index (κ3) is 4.97. The van der Waals surface area contributed by atoms with Gasteiger partial charge in [0.1, 0.15) is 0 Å². The molecule has 0 heterocycles. The molecule has 48 valence electrons. The van der Waals surface area contributed by atoms with Crippen LogP contribution >= 0.6 is 11.6 Å². The second-order valence-electron chi connectivity index (χ2n) is 2.40. The van der Waals surface area contributed by atoms with E-state index in [0.29, 0.717) is 0 Å². The van der Waals surface area contributed by atoms with Crippen LogP contribution in [-0.2, 0) is 0 Å². The predicted octanol–water partition coefficient (Wildman–Crippen LogP) is 2.69. The highest BCUT2D eigenvalue weighted by Gasteiger charge is 2.05. The third-order valence-electron chi connectivity index (χ3n) is 1.31. The lowest BCUT2D eigenvalue weighted by atomic mass is 10.4. The Labute approximate surface area is 61.6 Å². The Morgan fingerprint density at radius 2 is 2.12 bits per heavy atom. The van der Waals surface area contributed by atoms with Crippen LogP contribution in [0.1, 0.15) is 19.8 Å². The Morgan fingerprint density at radius 3 is 2.50 bits per heavy atom. The molecule has 0 aromatic carbocycles. The van der Waals surface area contributed by atoms with Gasteiger partial charge in [-0.15, -0.1) is 17.4 Å². The zero-order valence-corrected chi connectivity index (χ0v) is 7.69. The first-order chi connectivity index (χ1) is 3.81. The van der Waals surface area contributed by atoms with E-state index in [1.165, 1.54) is 18.1 Å². The molecule has 0 fully saturated rings. The molecule has 0 bridgehead atoms. The molecule has 0 aromatic heterocycles. The van der Waals surface area contributed by atoms with E-state index in [4.69, 9.17) is 11.6 Å². The van der Waals surface area contributed by atoms with Gasteiger partial charge in [0.25, 0.3) is 14.1 Å². The maximum atomic E-state index is 5.65. The van der Waals surface area contributed by atoms with E-state index in [1.807, 2.05) is 0 Å². The minimum Gasteiger partial charge on any atom is -0.143 e. The number of hydrogen-bond donors (Lipinski definition) is 0. The maximum absolute atomic E-state index is 5.65. The van der Waals surface area contributed by atoms with Crippen molar-refractivity contribution in [1.29, 1.82) is 0 Å². The van der Waals surface area contributed by atoms with Gasteiger partial charge in [0.15, 0.2) is 0 Å². The van der Waals surface area contributed by atoms with Crippen LogP contribution in [0.2, 0.25) is 11.1 Å². The van der Waals surface area contributed by atoms with Crippen molar-refractivity contribution in [2.24, 2.45) is 0 Å². The summed E-state index contributed by atoms with van der Waals surface area (Å²) < 4.78 is 0.958. The van der Waals surface area contributed by atoms with Gasteiger partial charge >= 0.3 is 0 Å². The van der Waals surface area contributed by atoms with Crippen LogP contribution in [0.3, 0.4) is 0 Å². The third-order valence-corrected chi connectivity index (χ3v) is 4.82. The fourth-order valence-electron chi connectivity index (χ4n) is 0.630. The Kier molecular flexibility index (Phi) is 6.56. The lowest BCUT2D eigenvalue weighted by Crippen LogP contribution is -2.07. The van der Waals surface area contributed by atoms with E-state index >= 15 is 0 Å². The molecule has 0 spiro atoms. The van der Waals surface area contributed by atoms with E-state index in [2.05, 4.69) is 12.7 Å². The van der Waals surface area contributed by atoms with E-state index in [1.54, 1.807) is 0 Å². The molecule has 2 heteroatoms. The van der Waals surface area contributed by atoms with Gasteiger partial charge in [0.2, 0.25) is 0 Å². The van der Waals surface area contributed by atoms with Gasteiger partial charge in [-0.1, -0.05) is 25.0 Å². The first kappa shape index (κ1) is 8.82. The van der Waals surface area contributed by atoms with Crippen LogP contribution in [0.5, 0.6) is 0 Å². The topological polar surface area (TPSA) is 0 Å². The van der Waals surface area contributed by atoms with Crippen molar-refractivity contribution in [3.63, 3.8) is 0 Å². The molecule has 0 aliphatic carbocycles. The van der Waals surface area contributed by atoms with Crippen molar-refractivity contribution in [1.82, 2.24) is 0 Å². The van der Waals surface area contributed by atoms with Crippen molar-refractivity contribution in [3.8, 4) is 0 Å². The predicted molar refractivity (Wildman–Crippen MR) is 42.1 cm³/mol. The summed E-state index contributed by atoms with van der Waals surface area (Å²) in [5.74, 6) is 2.34. The minimum absolute atomic E-state index is 0.434. The lowest BCUT2D eigenvalue weighted by molar-refractivity contribution is 0.874. The summed E-state index contributed by atoms with van der Waals surface area (Å²) >= 11 is 5.22. The van der Waals surface area contributed by atoms with E-state index < -0.39 is 14.1 Å². The summed E-state index contributed by atoms with van der Waals surface area (Å²) in [6, 6.07) is 0. The minimum atomic E-state index is -0.434. The van der Waals surface area contributed by atoms with Gasteiger partial charge in [-0.05, 0) is 4.74 Å². The van der Waals surface area contributed by atoms with Gasteiger partial charge in [-0.3, -0.25) is 0 Å². The largest absolute Gasteiger partial charge is 0.279 e. The van der Waals surface area contributed by atoms with Crippen LogP contribution in [-0.4, -0.2) is 18.9 Å². The number of hydrogen-bond acceptors (Lipinski definition) is 0. The van der Waals surface area contributed by atoms with Gasteiger partial charge < -0.3 is 0 Å². The van der Waals surface area contributed by atoms with Crippen molar-refractivity contribution in [3.05, 3.63) is 0 Å². The first-order valence-corrected chi connectivity index (χ1v) is 6.69. The Hall–Kier alpha value is 0.822. The Balaban J connectivity index is 2.86. The van der Waals surface area contributed by atoms with Crippen LogP contribution < -0.4 is 0 Å². The molecular weight excluding hydrogens is 135 g/mol. The smallest absolute Gasteiger partial charge is 0.143 e. The molecule has 0 aromatic rings. The molecule has 0 rings (SSSR count). The highest BCUT2D eigenvalue weighted by molar-refractivity contribution is 6.66. The van der Waals surface area contributed by atoms with Gasteiger partial charge in [-0.2, -0.15) is 0 Å². The van der Waals surface area contributed by atoms with E-state index in [0.717, 1.165) is 4.74 Å². The zero-order chi connectivity index (χ0) is 6.41. The van der Waals surface area contributed by atoms with Crippen molar-refractivity contribution in [2.75, 3.05) is 4.74 Å². The molecule has 0 amide bonds. The molecule has 0 saturated carbocycles. The summed E-state index contributed by atoms with van der Waals surface area (Å²) in [7, 11) is 0. The molecular formula is C6H14AlCl. The standard InChI is InChI=1S/C4H9.CH2Cl.CH3.Al/c1-3-4-2;1-2;;/h1,3-4H2,2H3;1H2;1H3;. The molecule has 0 saturated heterocycles. The second-order valence-corrected chi connectivity index (χ2v) is 6.42. The fraction of sp³-hybridized carbons (Fsp3) is 1.00. The first-order valence-electron chi connectivity index (χ1n) is 3.37. The maximum Gasteiger partial charge on any atom is 0.279 e. The zero-order valence-electron chi connectivity index (χ0n) is 5.78. The molecule has 0 aliphatic heterocycles. The normalized spacial score (nSPS) is 9.38. The molecule has 0 unspecified atom stereocenters. The van der Waals surface area contributed by atoms with Gasteiger partial charge in [-0.25, -0.2) is 0 Å². The number of unbranched alkanes of at least 4 members (excludes halogenated alkanes) is 1. The summed E-state index contributed by atoms with van der Waals surface area (Å²) in [6.45, 7) is 2.23. The quantitative estimate of drug-likeness (QED) is 0.425. The van der Waals surface area contributed by atoms with Crippen LogP contribution in [0.25, 0.3) is 0 Å². The lowest BCUT2D eigenvalue weighted by Gasteiger charge is -1.96. The highest BCUT2D eigenvalue weighted by Crippen LogP contribution is 2.01. The Bertz CT molecular complexity index is 47.8. The van der Waals surface area contributed by atoms with Gasteiger partial charge in [0.05, 0.1) is 0 Å². The summed E-state index contributed by atoms with van der Waals surface area (Å²) in [5, 5.41) is 1.43. The second kappa shape index (κ2) is 5.95. The Morgan fingerprint density at radius 1 is 1.50 bits per heavy atom. The molecule has 0 radical (unpaired) electrons. The van der Waals surface area contributed by atoms with Crippen molar-refractivity contribution < 1.29 is 0 Å². The van der Waals surface area contributed by atoms with Crippen LogP contribution in [0.15, 0.2) is 0 Å². The molecule has 0 atom stereocenters. The summed E-state index contributed by atoms with van der Waals surface area (Å²) in [5.41, 5.74) is 0. The molecule has 0 nitrogen and oxygen atoms in total. The molecule has 0 aliphatic rings. The fourth-order valence-corrected chi connectivity index (χ4v) is 2.35. The summed E-state index contributed by atoms with van der Waals surface area (Å²) in [6.07, 6.45) is 2.72. The number of halogens is 1. The molecule has 8 heavy (non-hydrogen) atoms. The average molecular weight is 149 g/mol. The van der Waals surface area contributed by atoms with Gasteiger partial charge in [0, 0.05) is 0 Å². The molecule has 0 N–H and O–H groups in total. The monoisotopic (exact) mass is 148 g/mol. The number of rotatable bonds is 4. The van der Waals surface area contributed by atoms with E-state index in [9.17, 15) is 0 Å².